The van der Waals surface area contributed by atoms with E-state index < -0.39 is 26.6 Å². The fraction of sp³-hybridized carbons (Fsp3) is 0.840. The third-order valence-electron chi connectivity index (χ3n) is 6.25. The Labute approximate surface area is 217 Å². The lowest BCUT2D eigenvalue weighted by molar-refractivity contribution is -0.194. The van der Waals surface area contributed by atoms with Gasteiger partial charge in [0.1, 0.15) is 25.8 Å². The monoisotopic (exact) mass is 536 g/mol. The molecule has 1 heterocycles. The highest BCUT2D eigenvalue weighted by molar-refractivity contribution is 8.20. The number of allylic oxidation sites excluding steroid dienone is 3. The van der Waals surface area contributed by atoms with Crippen LogP contribution < -0.4 is 0 Å². The minimum Gasteiger partial charge on any atom is -0.414 e. The van der Waals surface area contributed by atoms with E-state index in [2.05, 4.69) is 72.0 Å². The van der Waals surface area contributed by atoms with Gasteiger partial charge in [-0.2, -0.15) is 0 Å². The van der Waals surface area contributed by atoms with Crippen molar-refractivity contribution < 1.29 is 28.5 Å². The van der Waals surface area contributed by atoms with Crippen molar-refractivity contribution in [3.8, 4) is 0 Å². The zero-order chi connectivity index (χ0) is 25.8. The predicted octanol–water partition coefficient (Wildman–Crippen LogP) is 5.68. The van der Waals surface area contributed by atoms with E-state index in [0.717, 1.165) is 0 Å². The van der Waals surface area contributed by atoms with Gasteiger partial charge < -0.3 is 28.5 Å². The molecule has 0 radical (unpaired) electrons. The molecule has 0 aromatic carbocycles. The first-order chi connectivity index (χ1) is 15.8. The molecule has 1 N–H and O–H groups in total. The molecule has 6 nitrogen and oxygen atoms in total. The minimum atomic E-state index is -2.02. The van der Waals surface area contributed by atoms with Crippen LogP contribution in [0.5, 0.6) is 0 Å². The van der Waals surface area contributed by atoms with Crippen LogP contribution >= 0.6 is 23.5 Å². The SMILES string of the molecule is COCO[C@H]([C@H](O)CO[Si](C)(C)C(C)(C)C)[C@H](CC(C)(C)/C=C/C=C/C1SCCS1)OCOC. The highest BCUT2D eigenvalue weighted by Gasteiger charge is 2.40. The molecule has 0 unspecified atom stereocenters. The first-order valence-electron chi connectivity index (χ1n) is 12.0. The summed E-state index contributed by atoms with van der Waals surface area (Å²) in [6.45, 7) is 15.6. The average molecular weight is 537 g/mol. The maximum absolute atomic E-state index is 11.1. The molecular formula is C25H48O6S2Si. The van der Waals surface area contributed by atoms with Crippen molar-refractivity contribution in [2.75, 3.05) is 45.9 Å². The van der Waals surface area contributed by atoms with E-state index in [4.69, 9.17) is 23.4 Å². The summed E-state index contributed by atoms with van der Waals surface area (Å²) in [5.74, 6) is 2.44. The molecule has 34 heavy (non-hydrogen) atoms. The lowest BCUT2D eigenvalue weighted by Crippen LogP contribution is -2.49. The fourth-order valence-electron chi connectivity index (χ4n) is 3.19. The van der Waals surface area contributed by atoms with Gasteiger partial charge in [0.2, 0.25) is 0 Å². The van der Waals surface area contributed by atoms with E-state index in [1.807, 2.05) is 23.5 Å². The van der Waals surface area contributed by atoms with Crippen molar-refractivity contribution in [1.29, 1.82) is 0 Å². The summed E-state index contributed by atoms with van der Waals surface area (Å²) in [4.78, 5) is 0. The van der Waals surface area contributed by atoms with Crippen molar-refractivity contribution in [1.82, 2.24) is 0 Å². The summed E-state index contributed by atoms with van der Waals surface area (Å²) in [5, 5.41) is 11.2. The van der Waals surface area contributed by atoms with Crippen molar-refractivity contribution in [2.24, 2.45) is 5.41 Å². The predicted molar refractivity (Wildman–Crippen MR) is 148 cm³/mol. The summed E-state index contributed by atoms with van der Waals surface area (Å²) >= 11 is 3.97. The molecule has 200 valence electrons. The van der Waals surface area contributed by atoms with Crippen molar-refractivity contribution in [2.45, 2.75) is 82.1 Å². The van der Waals surface area contributed by atoms with Crippen LogP contribution in [0.1, 0.15) is 41.0 Å². The second-order valence-electron chi connectivity index (χ2n) is 10.8. The van der Waals surface area contributed by atoms with Crippen molar-refractivity contribution >= 4 is 31.8 Å². The Morgan fingerprint density at radius 2 is 1.56 bits per heavy atom. The van der Waals surface area contributed by atoms with Gasteiger partial charge in [0.25, 0.3) is 0 Å². The van der Waals surface area contributed by atoms with Crippen LogP contribution in [0.2, 0.25) is 18.1 Å². The molecule has 0 saturated carbocycles. The fourth-order valence-corrected chi connectivity index (χ4v) is 6.81. The lowest BCUT2D eigenvalue weighted by atomic mass is 9.84. The Balaban J connectivity index is 2.92. The van der Waals surface area contributed by atoms with Gasteiger partial charge in [0.05, 0.1) is 17.3 Å². The molecule has 0 aromatic rings. The Kier molecular flexibility index (Phi) is 14.6. The number of ether oxygens (including phenoxy) is 4. The topological polar surface area (TPSA) is 66.4 Å². The van der Waals surface area contributed by atoms with Crippen LogP contribution in [0.3, 0.4) is 0 Å². The Morgan fingerprint density at radius 3 is 2.12 bits per heavy atom. The molecule has 1 aliphatic rings. The van der Waals surface area contributed by atoms with E-state index in [9.17, 15) is 5.11 Å². The number of aliphatic hydroxyl groups is 1. The quantitative estimate of drug-likeness (QED) is 0.153. The summed E-state index contributed by atoms with van der Waals surface area (Å²) in [6.07, 6.45) is 7.43. The van der Waals surface area contributed by atoms with Gasteiger partial charge in [0.15, 0.2) is 8.32 Å². The Hall–Kier alpha value is 0.157. The molecule has 0 aliphatic carbocycles. The normalized spacial score (nSPS) is 19.4. The largest absolute Gasteiger partial charge is 0.414 e. The zero-order valence-electron chi connectivity index (χ0n) is 22.7. The van der Waals surface area contributed by atoms with Gasteiger partial charge >= 0.3 is 0 Å². The first kappa shape index (κ1) is 32.2. The van der Waals surface area contributed by atoms with Crippen LogP contribution in [-0.4, -0.2) is 82.2 Å². The van der Waals surface area contributed by atoms with E-state index in [1.54, 1.807) is 14.2 Å². The number of rotatable bonds is 16. The van der Waals surface area contributed by atoms with Crippen LogP contribution in [0.15, 0.2) is 24.3 Å². The molecule has 9 heteroatoms. The standard InChI is InChI=1S/C25H48O6S2Si/c1-24(2,3)34(8,9)31-17-20(26)23(30-19-28-7)21(29-18-27-6)16-25(4,5)13-11-10-12-22-32-14-15-33-22/h10-13,20-23,26H,14-19H2,1-9H3/b12-10+,13-11+/t20-,21+,23-/m1/s1. The zero-order valence-corrected chi connectivity index (χ0v) is 25.3. The second kappa shape index (κ2) is 15.4. The van der Waals surface area contributed by atoms with Gasteiger partial charge in [-0.25, -0.2) is 0 Å². The van der Waals surface area contributed by atoms with Crippen LogP contribution in [-0.2, 0) is 23.4 Å². The van der Waals surface area contributed by atoms with Crippen LogP contribution in [0.25, 0.3) is 0 Å². The summed E-state index contributed by atoms with van der Waals surface area (Å²) in [5.41, 5.74) is -0.187. The highest BCUT2D eigenvalue weighted by Crippen LogP contribution is 2.37. The first-order valence-corrected chi connectivity index (χ1v) is 17.0. The summed E-state index contributed by atoms with van der Waals surface area (Å²) in [6, 6.07) is 0. The van der Waals surface area contributed by atoms with Crippen molar-refractivity contribution in [3.05, 3.63) is 24.3 Å². The Morgan fingerprint density at radius 1 is 0.971 bits per heavy atom. The molecule has 1 aliphatic heterocycles. The lowest BCUT2D eigenvalue weighted by Gasteiger charge is -2.39. The highest BCUT2D eigenvalue weighted by atomic mass is 32.2. The van der Waals surface area contributed by atoms with Crippen LogP contribution in [0, 0.1) is 5.41 Å². The molecule has 3 atom stereocenters. The number of methoxy groups -OCH3 is 2. The molecule has 0 spiro atoms. The number of aliphatic hydroxyl groups excluding tert-OH is 1. The minimum absolute atomic E-state index is 0.0529. The van der Waals surface area contributed by atoms with Crippen LogP contribution in [0.4, 0.5) is 0 Å². The Bertz CT molecular complexity index is 615. The molecule has 1 fully saturated rings. The number of thioether (sulfide) groups is 2. The molecule has 0 bridgehead atoms. The second-order valence-corrected chi connectivity index (χ2v) is 18.4. The summed E-state index contributed by atoms with van der Waals surface area (Å²) < 4.78 is 29.1. The smallest absolute Gasteiger partial charge is 0.192 e. The van der Waals surface area contributed by atoms with Gasteiger partial charge in [-0.3, -0.25) is 0 Å². The van der Waals surface area contributed by atoms with E-state index >= 15 is 0 Å². The molecular weight excluding hydrogens is 488 g/mol. The number of hydrogen-bond acceptors (Lipinski definition) is 8. The third kappa shape index (κ3) is 11.9. The van der Waals surface area contributed by atoms with E-state index in [-0.39, 0.29) is 30.6 Å². The number of hydrogen-bond donors (Lipinski definition) is 1. The third-order valence-corrected chi connectivity index (χ3v) is 13.7. The molecule has 0 amide bonds. The maximum Gasteiger partial charge on any atom is 0.192 e. The molecule has 0 aromatic heterocycles. The van der Waals surface area contributed by atoms with Gasteiger partial charge in [-0.05, 0) is 30.0 Å². The molecule has 1 saturated heterocycles. The maximum atomic E-state index is 11.1. The van der Waals surface area contributed by atoms with Crippen molar-refractivity contribution in [3.63, 3.8) is 0 Å². The average Bonchev–Trinajstić information content (AvgIpc) is 3.26. The van der Waals surface area contributed by atoms with Gasteiger partial charge in [-0.1, -0.05) is 58.9 Å². The van der Waals surface area contributed by atoms with Gasteiger partial charge in [0, 0.05) is 25.7 Å². The molecule has 1 rings (SSSR count). The van der Waals surface area contributed by atoms with E-state index in [0.29, 0.717) is 11.0 Å². The summed E-state index contributed by atoms with van der Waals surface area (Å²) in [7, 11) is 1.14. The van der Waals surface area contributed by atoms with E-state index in [1.165, 1.54) is 11.5 Å². The van der Waals surface area contributed by atoms with Gasteiger partial charge in [-0.15, -0.1) is 23.5 Å².